The fraction of sp³-hybridized carbons (Fsp3) is 0.118. The van der Waals surface area contributed by atoms with Crippen molar-refractivity contribution in [1.82, 2.24) is 0 Å². The molecule has 0 saturated heterocycles. The maximum atomic E-state index is 12.7. The van der Waals surface area contributed by atoms with Crippen LogP contribution in [0.15, 0.2) is 64.4 Å². The molecule has 0 aromatic heterocycles. The number of benzene rings is 2. The first-order valence-corrected chi connectivity index (χ1v) is 8.24. The van der Waals surface area contributed by atoms with E-state index in [0.717, 1.165) is 0 Å². The van der Waals surface area contributed by atoms with E-state index in [9.17, 15) is 13.8 Å². The SMILES string of the molecule is CCOC(=O)C(=[N+]=[N-])C(=O)c1ccccc1S(=O)c1ccccc1. The number of nitrogens with zero attached hydrogens (tertiary/aromatic N) is 2. The Bertz CT molecular complexity index is 843. The molecule has 0 spiro atoms. The second-order valence-corrected chi connectivity index (χ2v) is 6.02. The Kier molecular flexibility index (Phi) is 5.89. The summed E-state index contributed by atoms with van der Waals surface area (Å²) in [7, 11) is -1.62. The quantitative estimate of drug-likeness (QED) is 0.201. The van der Waals surface area contributed by atoms with Crippen LogP contribution in [0.25, 0.3) is 5.53 Å². The Morgan fingerprint density at radius 1 is 1.08 bits per heavy atom. The number of rotatable bonds is 6. The third-order valence-corrected chi connectivity index (χ3v) is 4.53. The van der Waals surface area contributed by atoms with Gasteiger partial charge in [-0.1, -0.05) is 30.3 Å². The Labute approximate surface area is 141 Å². The number of carbonyl (C=O) groups excluding carboxylic acids is 2. The van der Waals surface area contributed by atoms with Gasteiger partial charge in [0.25, 0.3) is 5.78 Å². The normalized spacial score (nSPS) is 11.2. The first-order valence-electron chi connectivity index (χ1n) is 7.09. The number of ether oxygens (including phenoxy) is 1. The fourth-order valence-electron chi connectivity index (χ4n) is 1.99. The van der Waals surface area contributed by atoms with Crippen molar-refractivity contribution >= 4 is 28.3 Å². The molecule has 2 aromatic carbocycles. The molecule has 0 aliphatic rings. The van der Waals surface area contributed by atoms with E-state index >= 15 is 0 Å². The van der Waals surface area contributed by atoms with Crippen molar-refractivity contribution in [3.63, 3.8) is 0 Å². The first kappa shape index (κ1) is 17.5. The first-order chi connectivity index (χ1) is 11.6. The predicted molar refractivity (Wildman–Crippen MR) is 87.1 cm³/mol. The highest BCUT2D eigenvalue weighted by Crippen LogP contribution is 2.21. The van der Waals surface area contributed by atoms with Crippen molar-refractivity contribution in [2.75, 3.05) is 6.61 Å². The number of ketones is 1. The molecular formula is C17H14N2O4S. The molecule has 24 heavy (non-hydrogen) atoms. The molecule has 2 rings (SSSR count). The topological polar surface area (TPSA) is 96.8 Å². The van der Waals surface area contributed by atoms with Crippen LogP contribution in [0.5, 0.6) is 0 Å². The lowest BCUT2D eigenvalue weighted by molar-refractivity contribution is -0.139. The zero-order valence-corrected chi connectivity index (χ0v) is 13.7. The number of hydrogen-bond acceptors (Lipinski definition) is 4. The summed E-state index contributed by atoms with van der Waals surface area (Å²) in [6, 6.07) is 14.7. The van der Waals surface area contributed by atoms with E-state index in [1.165, 1.54) is 12.1 Å². The molecule has 1 unspecified atom stereocenters. The average molecular weight is 342 g/mol. The summed E-state index contributed by atoms with van der Waals surface area (Å²) in [5.41, 5.74) is 8.25. The molecule has 0 heterocycles. The van der Waals surface area contributed by atoms with E-state index in [-0.39, 0.29) is 17.1 Å². The molecule has 0 N–H and O–H groups in total. The van der Waals surface area contributed by atoms with Gasteiger partial charge in [-0.15, -0.1) is 0 Å². The summed E-state index contributed by atoms with van der Waals surface area (Å²) in [4.78, 5) is 27.7. The lowest BCUT2D eigenvalue weighted by atomic mass is 10.1. The van der Waals surface area contributed by atoms with Crippen LogP contribution in [-0.2, 0) is 20.3 Å². The number of carbonyl (C=O) groups is 2. The zero-order chi connectivity index (χ0) is 17.5. The highest BCUT2D eigenvalue weighted by atomic mass is 32.2. The van der Waals surface area contributed by atoms with Crippen LogP contribution in [-0.4, -0.2) is 33.1 Å². The van der Waals surface area contributed by atoms with E-state index in [2.05, 4.69) is 4.79 Å². The van der Waals surface area contributed by atoms with Gasteiger partial charge in [0.2, 0.25) is 0 Å². The van der Waals surface area contributed by atoms with E-state index in [0.29, 0.717) is 4.90 Å². The van der Waals surface area contributed by atoms with Crippen molar-refractivity contribution in [3.05, 3.63) is 65.7 Å². The van der Waals surface area contributed by atoms with Crippen molar-refractivity contribution in [1.29, 1.82) is 0 Å². The monoisotopic (exact) mass is 342 g/mol. The minimum absolute atomic E-state index is 0.0144. The third kappa shape index (κ3) is 3.71. The highest BCUT2D eigenvalue weighted by Gasteiger charge is 2.34. The lowest BCUT2D eigenvalue weighted by Gasteiger charge is -2.07. The molecule has 0 amide bonds. The summed E-state index contributed by atoms with van der Waals surface area (Å²) in [5, 5.41) is 0. The molecule has 0 radical (unpaired) electrons. The van der Waals surface area contributed by atoms with Crippen molar-refractivity contribution in [2.24, 2.45) is 0 Å². The van der Waals surface area contributed by atoms with Gasteiger partial charge in [0.05, 0.1) is 22.3 Å². The molecular weight excluding hydrogens is 328 g/mol. The number of hydrogen-bond donors (Lipinski definition) is 0. The van der Waals surface area contributed by atoms with Crippen LogP contribution in [0, 0.1) is 0 Å². The van der Waals surface area contributed by atoms with E-state index in [4.69, 9.17) is 10.3 Å². The molecule has 6 nitrogen and oxygen atoms in total. The van der Waals surface area contributed by atoms with E-state index in [1.54, 1.807) is 49.4 Å². The zero-order valence-electron chi connectivity index (χ0n) is 12.8. The molecule has 1 atom stereocenters. The molecule has 122 valence electrons. The molecule has 7 heteroatoms. The standard InChI is InChI=1S/C17H14N2O4S/c1-2-23-17(21)15(19-18)16(20)13-10-6-7-11-14(13)24(22)12-8-4-3-5-9-12/h3-11H,2H2,1H3. The van der Waals surface area contributed by atoms with Gasteiger partial charge < -0.3 is 10.3 Å². The Morgan fingerprint density at radius 2 is 1.71 bits per heavy atom. The van der Waals surface area contributed by atoms with Crippen molar-refractivity contribution in [3.8, 4) is 0 Å². The van der Waals surface area contributed by atoms with Gasteiger partial charge >= 0.3 is 11.7 Å². The second-order valence-electron chi connectivity index (χ2n) is 4.58. The summed E-state index contributed by atoms with van der Waals surface area (Å²) in [6.07, 6.45) is 0. The number of Topliss-reactive ketones (excluding diaryl/α,β-unsaturated/α-hetero) is 1. The Hall–Kier alpha value is -2.89. The van der Waals surface area contributed by atoms with Crippen LogP contribution in [0.2, 0.25) is 0 Å². The molecule has 2 aromatic rings. The second kappa shape index (κ2) is 8.10. The minimum atomic E-state index is -1.62. The predicted octanol–water partition coefficient (Wildman–Crippen LogP) is 2.27. The third-order valence-electron chi connectivity index (χ3n) is 3.07. The van der Waals surface area contributed by atoms with Gasteiger partial charge in [0.15, 0.2) is 0 Å². The van der Waals surface area contributed by atoms with Gasteiger partial charge in [0.1, 0.15) is 0 Å². The maximum absolute atomic E-state index is 12.7. The maximum Gasteiger partial charge on any atom is 0.446 e. The van der Waals surface area contributed by atoms with Crippen LogP contribution in [0.1, 0.15) is 17.3 Å². The molecule has 0 aliphatic carbocycles. The van der Waals surface area contributed by atoms with Crippen LogP contribution in [0.3, 0.4) is 0 Å². The Morgan fingerprint density at radius 3 is 2.33 bits per heavy atom. The summed E-state index contributed by atoms with van der Waals surface area (Å²) < 4.78 is 17.4. The summed E-state index contributed by atoms with van der Waals surface area (Å²) >= 11 is 0. The van der Waals surface area contributed by atoms with Crippen molar-refractivity contribution in [2.45, 2.75) is 16.7 Å². The van der Waals surface area contributed by atoms with Gasteiger partial charge in [0, 0.05) is 10.5 Å². The van der Waals surface area contributed by atoms with Crippen molar-refractivity contribution < 1.29 is 23.3 Å². The van der Waals surface area contributed by atoms with Crippen LogP contribution < -0.4 is 0 Å². The average Bonchev–Trinajstić information content (AvgIpc) is 2.62. The molecule has 0 fully saturated rings. The van der Waals surface area contributed by atoms with E-state index < -0.39 is 28.3 Å². The van der Waals surface area contributed by atoms with Gasteiger partial charge in [-0.3, -0.25) is 4.79 Å². The van der Waals surface area contributed by atoms with Gasteiger partial charge in [-0.05, 0) is 31.2 Å². The van der Waals surface area contributed by atoms with Gasteiger partial charge in [-0.25, -0.2) is 9.00 Å². The van der Waals surface area contributed by atoms with Gasteiger partial charge in [-0.2, -0.15) is 4.79 Å². The molecule has 0 bridgehead atoms. The molecule has 0 saturated carbocycles. The van der Waals surface area contributed by atoms with Crippen LogP contribution in [0.4, 0.5) is 0 Å². The van der Waals surface area contributed by atoms with Crippen LogP contribution >= 0.6 is 0 Å². The minimum Gasteiger partial charge on any atom is -0.457 e. The Balaban J connectivity index is 2.46. The molecule has 0 aliphatic heterocycles. The number of esters is 1. The summed E-state index contributed by atoms with van der Waals surface area (Å²) in [5.74, 6) is -1.89. The summed E-state index contributed by atoms with van der Waals surface area (Å²) in [6.45, 7) is 1.60. The lowest BCUT2D eigenvalue weighted by Crippen LogP contribution is -2.28. The largest absolute Gasteiger partial charge is 0.457 e. The highest BCUT2D eigenvalue weighted by molar-refractivity contribution is 7.85. The smallest absolute Gasteiger partial charge is 0.446 e. The van der Waals surface area contributed by atoms with E-state index in [1.807, 2.05) is 0 Å². The fourth-order valence-corrected chi connectivity index (χ4v) is 3.21.